The van der Waals surface area contributed by atoms with Crippen LogP contribution in [0.1, 0.15) is 32.1 Å². The molecule has 0 aromatic carbocycles. The smallest absolute Gasteiger partial charge is 0.0127 e. The number of rotatable bonds is 1. The molecule has 1 radical (unpaired) electrons. The molecule has 57 valence electrons. The lowest BCUT2D eigenvalue weighted by molar-refractivity contribution is 0.275. The first kappa shape index (κ1) is 6.66. The summed E-state index contributed by atoms with van der Waals surface area (Å²) in [5.41, 5.74) is 0. The lowest BCUT2D eigenvalue weighted by Crippen LogP contribution is -2.30. The molecule has 2 fully saturated rings. The molecule has 1 heterocycles. The minimum Gasteiger partial charge on any atom is -0.300 e. The highest BCUT2D eigenvalue weighted by Crippen LogP contribution is 2.25. The third-order valence-electron chi connectivity index (χ3n) is 2.75. The van der Waals surface area contributed by atoms with Crippen molar-refractivity contribution in [2.45, 2.75) is 38.1 Å². The summed E-state index contributed by atoms with van der Waals surface area (Å²) in [6.45, 7) is 2.72. The van der Waals surface area contributed by atoms with Crippen LogP contribution in [0.2, 0.25) is 0 Å². The van der Waals surface area contributed by atoms with Crippen molar-refractivity contribution in [3.05, 3.63) is 6.42 Å². The van der Waals surface area contributed by atoms with Crippen LogP contribution in [0.3, 0.4) is 0 Å². The maximum Gasteiger partial charge on any atom is 0.0127 e. The summed E-state index contributed by atoms with van der Waals surface area (Å²) >= 11 is 0. The van der Waals surface area contributed by atoms with Crippen molar-refractivity contribution in [3.8, 4) is 0 Å². The maximum absolute atomic E-state index is 2.65. The molecule has 0 amide bonds. The summed E-state index contributed by atoms with van der Waals surface area (Å²) in [4.78, 5) is 2.65. The summed E-state index contributed by atoms with van der Waals surface area (Å²) in [7, 11) is 0. The van der Waals surface area contributed by atoms with Crippen LogP contribution in [-0.4, -0.2) is 24.0 Å². The van der Waals surface area contributed by atoms with Gasteiger partial charge in [0.2, 0.25) is 0 Å². The average molecular weight is 138 g/mol. The van der Waals surface area contributed by atoms with Crippen molar-refractivity contribution < 1.29 is 0 Å². The third kappa shape index (κ3) is 1.20. The predicted molar refractivity (Wildman–Crippen MR) is 42.7 cm³/mol. The fourth-order valence-electron chi connectivity index (χ4n) is 2.16. The highest BCUT2D eigenvalue weighted by molar-refractivity contribution is 4.92. The topological polar surface area (TPSA) is 3.24 Å². The third-order valence-corrected chi connectivity index (χ3v) is 2.75. The Morgan fingerprint density at radius 2 is 1.90 bits per heavy atom. The second-order valence-electron chi connectivity index (χ2n) is 3.48. The minimum absolute atomic E-state index is 0.863. The van der Waals surface area contributed by atoms with E-state index in [1.165, 1.54) is 45.2 Å². The Morgan fingerprint density at radius 3 is 2.50 bits per heavy atom. The first-order chi connectivity index (χ1) is 4.97. The van der Waals surface area contributed by atoms with Gasteiger partial charge in [-0.3, -0.25) is 0 Å². The van der Waals surface area contributed by atoms with Crippen molar-refractivity contribution in [1.82, 2.24) is 4.90 Å². The largest absolute Gasteiger partial charge is 0.300 e. The first-order valence-corrected chi connectivity index (χ1v) is 4.54. The quantitative estimate of drug-likeness (QED) is 0.534. The van der Waals surface area contributed by atoms with E-state index >= 15 is 0 Å². The Balaban J connectivity index is 1.85. The highest BCUT2D eigenvalue weighted by atomic mass is 15.2. The zero-order chi connectivity index (χ0) is 6.81. The molecule has 0 N–H and O–H groups in total. The Hall–Kier alpha value is -0.0400. The van der Waals surface area contributed by atoms with Gasteiger partial charge in [-0.1, -0.05) is 6.42 Å². The van der Waals surface area contributed by atoms with Crippen molar-refractivity contribution in [2.24, 2.45) is 0 Å². The molecule has 1 atom stereocenters. The van der Waals surface area contributed by atoms with Gasteiger partial charge in [0.1, 0.15) is 0 Å². The fraction of sp³-hybridized carbons (Fsp3) is 0.889. The van der Waals surface area contributed by atoms with Crippen LogP contribution in [0.25, 0.3) is 0 Å². The van der Waals surface area contributed by atoms with Gasteiger partial charge in [-0.2, -0.15) is 0 Å². The molecular formula is C9H16N. The number of likely N-dealkylation sites (tertiary alicyclic amines) is 1. The standard InChI is InChI=1S/C9H16N/c1-2-6-9(5-1)10-7-3-4-8-10/h5,9H,1-4,6-8H2. The molecule has 2 rings (SSSR count). The normalized spacial score (nSPS) is 30.0. The molecule has 0 spiro atoms. The molecule has 2 aliphatic rings. The van der Waals surface area contributed by atoms with Gasteiger partial charge in [0.15, 0.2) is 0 Å². The molecule has 1 nitrogen and oxygen atoms in total. The van der Waals surface area contributed by atoms with Crippen LogP contribution < -0.4 is 0 Å². The summed E-state index contributed by atoms with van der Waals surface area (Å²) in [6.07, 6.45) is 9.60. The van der Waals surface area contributed by atoms with Gasteiger partial charge in [0, 0.05) is 6.04 Å². The molecular weight excluding hydrogens is 122 g/mol. The Kier molecular flexibility index (Phi) is 1.94. The van der Waals surface area contributed by atoms with Crippen LogP contribution in [0.4, 0.5) is 0 Å². The average Bonchev–Trinajstić information content (AvgIpc) is 2.59. The number of hydrogen-bond acceptors (Lipinski definition) is 1. The van der Waals surface area contributed by atoms with Crippen LogP contribution in [0, 0.1) is 6.42 Å². The van der Waals surface area contributed by atoms with Gasteiger partial charge in [-0.25, -0.2) is 0 Å². The van der Waals surface area contributed by atoms with E-state index in [-0.39, 0.29) is 0 Å². The minimum atomic E-state index is 0.863. The molecule has 10 heavy (non-hydrogen) atoms. The van der Waals surface area contributed by atoms with Gasteiger partial charge >= 0.3 is 0 Å². The first-order valence-electron chi connectivity index (χ1n) is 4.54. The molecule has 1 saturated heterocycles. The van der Waals surface area contributed by atoms with E-state index in [1.54, 1.807) is 0 Å². The van der Waals surface area contributed by atoms with Crippen molar-refractivity contribution in [1.29, 1.82) is 0 Å². The summed E-state index contributed by atoms with van der Waals surface area (Å²) in [5.74, 6) is 0. The van der Waals surface area contributed by atoms with Gasteiger partial charge in [0.25, 0.3) is 0 Å². The second kappa shape index (κ2) is 2.91. The molecule has 0 bridgehead atoms. The van der Waals surface area contributed by atoms with E-state index < -0.39 is 0 Å². The van der Waals surface area contributed by atoms with E-state index in [2.05, 4.69) is 11.3 Å². The van der Waals surface area contributed by atoms with Crippen LogP contribution in [0.5, 0.6) is 0 Å². The van der Waals surface area contributed by atoms with Crippen molar-refractivity contribution in [2.75, 3.05) is 13.1 Å². The summed E-state index contributed by atoms with van der Waals surface area (Å²) < 4.78 is 0. The second-order valence-corrected chi connectivity index (χ2v) is 3.48. The molecule has 1 unspecified atom stereocenters. The van der Waals surface area contributed by atoms with Gasteiger partial charge in [-0.05, 0) is 45.2 Å². The molecule has 1 saturated carbocycles. The molecule has 0 aromatic heterocycles. The predicted octanol–water partition coefficient (Wildman–Crippen LogP) is 1.84. The van der Waals surface area contributed by atoms with Gasteiger partial charge in [0.05, 0.1) is 0 Å². The van der Waals surface area contributed by atoms with E-state index in [1.807, 2.05) is 0 Å². The monoisotopic (exact) mass is 138 g/mol. The zero-order valence-corrected chi connectivity index (χ0v) is 6.55. The fourth-order valence-corrected chi connectivity index (χ4v) is 2.16. The highest BCUT2D eigenvalue weighted by Gasteiger charge is 2.24. The molecule has 0 aromatic rings. The summed E-state index contributed by atoms with van der Waals surface area (Å²) in [5, 5.41) is 0. The van der Waals surface area contributed by atoms with Gasteiger partial charge < -0.3 is 4.90 Å². The Bertz CT molecular complexity index is 85.3. The van der Waals surface area contributed by atoms with E-state index in [0.717, 1.165) is 6.04 Å². The Labute approximate surface area is 63.4 Å². The summed E-state index contributed by atoms with van der Waals surface area (Å²) in [6, 6.07) is 0.863. The van der Waals surface area contributed by atoms with E-state index in [0.29, 0.717) is 0 Å². The zero-order valence-electron chi connectivity index (χ0n) is 6.55. The van der Waals surface area contributed by atoms with Crippen LogP contribution >= 0.6 is 0 Å². The van der Waals surface area contributed by atoms with Crippen molar-refractivity contribution >= 4 is 0 Å². The lowest BCUT2D eigenvalue weighted by atomic mass is 10.2. The maximum atomic E-state index is 2.65. The van der Waals surface area contributed by atoms with Crippen molar-refractivity contribution in [3.63, 3.8) is 0 Å². The van der Waals surface area contributed by atoms with Gasteiger partial charge in [-0.15, -0.1) is 0 Å². The SMILES string of the molecule is [CH]1CCCC1N1CCCC1. The Morgan fingerprint density at radius 1 is 1.10 bits per heavy atom. The van der Waals surface area contributed by atoms with E-state index in [9.17, 15) is 0 Å². The molecule has 1 aliphatic heterocycles. The number of nitrogens with zero attached hydrogens (tertiary/aromatic N) is 1. The van der Waals surface area contributed by atoms with E-state index in [4.69, 9.17) is 0 Å². The molecule has 1 aliphatic carbocycles. The van der Waals surface area contributed by atoms with Crippen LogP contribution in [-0.2, 0) is 0 Å². The van der Waals surface area contributed by atoms with Crippen LogP contribution in [0.15, 0.2) is 0 Å². The number of hydrogen-bond donors (Lipinski definition) is 0. The lowest BCUT2D eigenvalue weighted by Gasteiger charge is -2.21. The molecule has 1 heteroatoms.